The molecular weight excluding hydrogens is 354 g/mol. The first-order chi connectivity index (χ1) is 13.8. The minimum Gasteiger partial charge on any atom is -0.389 e. The summed E-state index contributed by atoms with van der Waals surface area (Å²) >= 11 is 0. The van der Waals surface area contributed by atoms with Crippen molar-refractivity contribution in [2.45, 2.75) is 24.9 Å². The largest absolute Gasteiger partial charge is 0.389 e. The predicted molar refractivity (Wildman–Crippen MR) is 109 cm³/mol. The second-order valence-corrected chi connectivity index (χ2v) is 7.63. The van der Waals surface area contributed by atoms with Crippen LogP contribution >= 0.6 is 0 Å². The van der Waals surface area contributed by atoms with Gasteiger partial charge in [-0.2, -0.15) is 4.98 Å². The number of anilines is 2. The van der Waals surface area contributed by atoms with Gasteiger partial charge in [-0.3, -0.25) is 0 Å². The number of aliphatic hydroxyl groups excluding tert-OH is 1. The number of nitrogens with one attached hydrogen (secondary N) is 2. The van der Waals surface area contributed by atoms with E-state index < -0.39 is 0 Å². The minimum absolute atomic E-state index is 0.277. The number of para-hydroxylation sites is 1. The molecule has 2 aliphatic heterocycles. The number of hydrogen-bond donors (Lipinski definition) is 3. The van der Waals surface area contributed by atoms with Crippen LogP contribution in [0.3, 0.4) is 0 Å². The number of aliphatic hydroxyl groups is 1. The van der Waals surface area contributed by atoms with Crippen molar-refractivity contribution < 1.29 is 9.84 Å². The standard InChI is InChI=1S/C21H25N5O2/c27-16-11-26(12-16)21-24-19(15-6-8-28-13-15)9-20(25-21)22-7-5-14-10-23-18-4-2-1-3-17(14)18/h1-4,9-10,15-16,23,27H,5-8,11-13H2,(H,22,24,25). The van der Waals surface area contributed by atoms with Gasteiger partial charge in [-0.1, -0.05) is 18.2 Å². The molecule has 2 aromatic heterocycles. The van der Waals surface area contributed by atoms with Crippen LogP contribution in [0.5, 0.6) is 0 Å². The first-order valence-electron chi connectivity index (χ1n) is 9.95. The molecule has 2 aliphatic rings. The molecule has 1 aromatic carbocycles. The summed E-state index contributed by atoms with van der Waals surface area (Å²) in [6, 6.07) is 10.4. The van der Waals surface area contributed by atoms with Crippen LogP contribution in [0.25, 0.3) is 10.9 Å². The Morgan fingerprint density at radius 3 is 2.96 bits per heavy atom. The Labute approximate surface area is 163 Å². The summed E-state index contributed by atoms with van der Waals surface area (Å²) in [5.74, 6) is 1.86. The van der Waals surface area contributed by atoms with Crippen molar-refractivity contribution in [3.05, 3.63) is 47.8 Å². The SMILES string of the molecule is OC1CN(c2nc(NCCc3c[nH]c4ccccc34)cc(C3CCOC3)n2)C1. The third kappa shape index (κ3) is 3.43. The second kappa shape index (κ2) is 7.41. The zero-order chi connectivity index (χ0) is 18.9. The van der Waals surface area contributed by atoms with E-state index >= 15 is 0 Å². The molecule has 2 fully saturated rings. The first-order valence-corrected chi connectivity index (χ1v) is 9.95. The molecule has 146 valence electrons. The Kier molecular flexibility index (Phi) is 4.62. The molecule has 28 heavy (non-hydrogen) atoms. The Hall–Kier alpha value is -2.64. The number of ether oxygens (including phenoxy) is 1. The van der Waals surface area contributed by atoms with E-state index in [2.05, 4.69) is 39.7 Å². The van der Waals surface area contributed by atoms with E-state index in [9.17, 15) is 5.11 Å². The number of β-amino-alcohol motifs (C(OH)–C–C–N with tert-alkyl or cyclic N) is 1. The van der Waals surface area contributed by atoms with Gasteiger partial charge in [0.2, 0.25) is 5.95 Å². The highest BCUT2D eigenvalue weighted by molar-refractivity contribution is 5.83. The fourth-order valence-electron chi connectivity index (χ4n) is 3.94. The molecule has 0 aliphatic carbocycles. The average molecular weight is 379 g/mol. The molecule has 5 rings (SSSR count). The highest BCUT2D eigenvalue weighted by Gasteiger charge is 2.28. The molecule has 0 bridgehead atoms. The van der Waals surface area contributed by atoms with Gasteiger partial charge in [-0.05, 0) is 24.5 Å². The van der Waals surface area contributed by atoms with Crippen LogP contribution in [-0.4, -0.2) is 59.0 Å². The third-order valence-corrected chi connectivity index (χ3v) is 5.60. The third-order valence-electron chi connectivity index (χ3n) is 5.60. The lowest BCUT2D eigenvalue weighted by Gasteiger charge is -2.36. The van der Waals surface area contributed by atoms with Crippen molar-refractivity contribution >= 4 is 22.7 Å². The first kappa shape index (κ1) is 17.5. The highest BCUT2D eigenvalue weighted by Crippen LogP contribution is 2.28. The molecule has 7 heteroatoms. The molecule has 1 atom stereocenters. The van der Waals surface area contributed by atoms with Crippen molar-refractivity contribution in [1.82, 2.24) is 15.0 Å². The molecule has 3 N–H and O–H groups in total. The summed E-state index contributed by atoms with van der Waals surface area (Å²) in [6.45, 7) is 3.49. The Balaban J connectivity index is 1.32. The molecule has 3 aromatic rings. The Morgan fingerprint density at radius 1 is 1.25 bits per heavy atom. The lowest BCUT2D eigenvalue weighted by atomic mass is 10.0. The molecule has 7 nitrogen and oxygen atoms in total. The molecule has 0 spiro atoms. The predicted octanol–water partition coefficient (Wildman–Crippen LogP) is 2.30. The molecular formula is C21H25N5O2. The van der Waals surface area contributed by atoms with Crippen LogP contribution in [0.1, 0.15) is 23.6 Å². The van der Waals surface area contributed by atoms with Gasteiger partial charge >= 0.3 is 0 Å². The Bertz CT molecular complexity index is 960. The van der Waals surface area contributed by atoms with Crippen LogP contribution < -0.4 is 10.2 Å². The van der Waals surface area contributed by atoms with Gasteiger partial charge in [0.05, 0.1) is 18.4 Å². The highest BCUT2D eigenvalue weighted by atomic mass is 16.5. The number of H-pyrrole nitrogens is 1. The van der Waals surface area contributed by atoms with Crippen molar-refractivity contribution in [2.24, 2.45) is 0 Å². The fraction of sp³-hybridized carbons (Fsp3) is 0.429. The van der Waals surface area contributed by atoms with Crippen LogP contribution in [0.4, 0.5) is 11.8 Å². The molecule has 4 heterocycles. The summed E-state index contributed by atoms with van der Waals surface area (Å²) < 4.78 is 5.54. The van der Waals surface area contributed by atoms with Crippen LogP contribution in [0, 0.1) is 0 Å². The van der Waals surface area contributed by atoms with Gasteiger partial charge in [0.1, 0.15) is 5.82 Å². The van der Waals surface area contributed by atoms with Gasteiger partial charge in [-0.15, -0.1) is 0 Å². The second-order valence-electron chi connectivity index (χ2n) is 7.63. The molecule has 2 saturated heterocycles. The van der Waals surface area contributed by atoms with E-state index in [4.69, 9.17) is 9.72 Å². The van der Waals surface area contributed by atoms with Crippen LogP contribution in [0.2, 0.25) is 0 Å². The molecule has 1 unspecified atom stereocenters. The number of hydrogen-bond acceptors (Lipinski definition) is 6. The summed E-state index contributed by atoms with van der Waals surface area (Å²) in [4.78, 5) is 14.8. The summed E-state index contributed by atoms with van der Waals surface area (Å²) in [6.07, 6.45) is 3.71. The smallest absolute Gasteiger partial charge is 0.227 e. The topological polar surface area (TPSA) is 86.3 Å². The van der Waals surface area contributed by atoms with Gasteiger partial charge in [-0.25, -0.2) is 4.98 Å². The van der Waals surface area contributed by atoms with Crippen LogP contribution in [-0.2, 0) is 11.2 Å². The minimum atomic E-state index is -0.277. The zero-order valence-electron chi connectivity index (χ0n) is 15.8. The molecule has 0 radical (unpaired) electrons. The fourth-order valence-corrected chi connectivity index (χ4v) is 3.94. The lowest BCUT2D eigenvalue weighted by Crippen LogP contribution is -2.51. The number of aromatic amines is 1. The summed E-state index contributed by atoms with van der Waals surface area (Å²) in [5, 5.41) is 14.4. The summed E-state index contributed by atoms with van der Waals surface area (Å²) in [7, 11) is 0. The van der Waals surface area contributed by atoms with E-state index in [1.807, 2.05) is 17.0 Å². The number of fused-ring (bicyclic) bond motifs is 1. The van der Waals surface area contributed by atoms with E-state index in [1.165, 1.54) is 16.5 Å². The maximum atomic E-state index is 9.63. The zero-order valence-corrected chi connectivity index (χ0v) is 15.8. The van der Waals surface area contributed by atoms with Crippen molar-refractivity contribution in [3.8, 4) is 0 Å². The van der Waals surface area contributed by atoms with E-state index in [-0.39, 0.29) is 6.10 Å². The lowest BCUT2D eigenvalue weighted by molar-refractivity contribution is 0.140. The van der Waals surface area contributed by atoms with Gasteiger partial charge in [0.15, 0.2) is 0 Å². The molecule has 0 amide bonds. The Morgan fingerprint density at radius 2 is 2.14 bits per heavy atom. The maximum Gasteiger partial charge on any atom is 0.227 e. The quantitative estimate of drug-likeness (QED) is 0.609. The monoisotopic (exact) mass is 379 g/mol. The van der Waals surface area contributed by atoms with Crippen LogP contribution in [0.15, 0.2) is 36.5 Å². The summed E-state index contributed by atoms with van der Waals surface area (Å²) in [5.41, 5.74) is 3.49. The van der Waals surface area contributed by atoms with E-state index in [1.54, 1.807) is 0 Å². The number of nitrogens with zero attached hydrogens (tertiary/aromatic N) is 3. The number of benzene rings is 1. The maximum absolute atomic E-state index is 9.63. The van der Waals surface area contributed by atoms with Crippen molar-refractivity contribution in [3.63, 3.8) is 0 Å². The normalized spacial score (nSPS) is 19.9. The van der Waals surface area contributed by atoms with Crippen molar-refractivity contribution in [1.29, 1.82) is 0 Å². The van der Waals surface area contributed by atoms with Gasteiger partial charge < -0.3 is 25.0 Å². The number of rotatable bonds is 6. The van der Waals surface area contributed by atoms with Crippen molar-refractivity contribution in [2.75, 3.05) is 43.1 Å². The van der Waals surface area contributed by atoms with Gasteiger partial charge in [0, 0.05) is 55.3 Å². The van der Waals surface area contributed by atoms with E-state index in [0.717, 1.165) is 37.5 Å². The van der Waals surface area contributed by atoms with Gasteiger partial charge in [0.25, 0.3) is 0 Å². The average Bonchev–Trinajstić information content (AvgIpc) is 3.36. The van der Waals surface area contributed by atoms with E-state index in [0.29, 0.717) is 31.6 Å². The molecule has 0 saturated carbocycles. The number of aromatic nitrogens is 3.